The summed E-state index contributed by atoms with van der Waals surface area (Å²) in [5.41, 5.74) is 2.29. The van der Waals surface area contributed by atoms with Crippen molar-refractivity contribution in [3.05, 3.63) is 35.9 Å². The molecule has 6 nitrogen and oxygen atoms in total. The topological polar surface area (TPSA) is 80.0 Å². The summed E-state index contributed by atoms with van der Waals surface area (Å²) in [6.45, 7) is 4.12. The third kappa shape index (κ3) is 3.31. The predicted molar refractivity (Wildman–Crippen MR) is 70.8 cm³/mol. The number of rotatable bonds is 4. The van der Waals surface area contributed by atoms with Gasteiger partial charge in [0, 0.05) is 12.1 Å². The van der Waals surface area contributed by atoms with Gasteiger partial charge in [-0.05, 0) is 37.1 Å². The van der Waals surface area contributed by atoms with Crippen molar-refractivity contribution in [2.75, 3.05) is 5.32 Å². The number of nitrogens with zero attached hydrogens (tertiary/aromatic N) is 3. The molecule has 0 unspecified atom stereocenters. The highest BCUT2D eigenvalue weighted by Crippen LogP contribution is 2.24. The lowest BCUT2D eigenvalue weighted by molar-refractivity contribution is -0.116. The van der Waals surface area contributed by atoms with Gasteiger partial charge < -0.3 is 10.4 Å². The molecule has 1 aromatic carbocycles. The van der Waals surface area contributed by atoms with Gasteiger partial charge in [-0.2, -0.15) is 5.10 Å². The number of anilines is 1. The molecule has 1 aromatic heterocycles. The zero-order valence-electron chi connectivity index (χ0n) is 10.9. The molecule has 0 saturated carbocycles. The van der Waals surface area contributed by atoms with E-state index in [0.29, 0.717) is 13.0 Å². The maximum absolute atomic E-state index is 11.8. The lowest BCUT2D eigenvalue weighted by Gasteiger charge is -2.10. The van der Waals surface area contributed by atoms with Gasteiger partial charge in [-0.25, -0.2) is 4.98 Å². The first-order chi connectivity index (χ1) is 9.06. The smallest absolute Gasteiger partial charge is 0.226 e. The molecule has 19 heavy (non-hydrogen) atoms. The standard InChI is InChI=1S/C13H16N4O2/c1-9-6-12(18)10(2)5-11(9)16-13(19)3-4-17-8-14-7-15-17/h5-8,18H,3-4H2,1-2H3,(H,16,19). The van der Waals surface area contributed by atoms with Crippen molar-refractivity contribution in [2.45, 2.75) is 26.8 Å². The number of amides is 1. The maximum atomic E-state index is 11.8. The molecule has 100 valence electrons. The number of phenolic OH excluding ortho intramolecular Hbond substituents is 1. The summed E-state index contributed by atoms with van der Waals surface area (Å²) in [5, 5.41) is 16.3. The van der Waals surface area contributed by atoms with Gasteiger partial charge in [0.2, 0.25) is 5.91 Å². The minimum Gasteiger partial charge on any atom is -0.508 e. The van der Waals surface area contributed by atoms with E-state index in [4.69, 9.17) is 0 Å². The molecule has 2 N–H and O–H groups in total. The molecule has 0 spiro atoms. The Bertz CT molecular complexity index is 579. The molecule has 0 aliphatic heterocycles. The SMILES string of the molecule is Cc1cc(NC(=O)CCn2cncn2)c(C)cc1O. The first-order valence-electron chi connectivity index (χ1n) is 5.99. The van der Waals surface area contributed by atoms with E-state index in [0.717, 1.165) is 16.8 Å². The Morgan fingerprint density at radius 2 is 2.16 bits per heavy atom. The van der Waals surface area contributed by atoms with Crippen molar-refractivity contribution in [2.24, 2.45) is 0 Å². The summed E-state index contributed by atoms with van der Waals surface area (Å²) in [4.78, 5) is 15.6. The van der Waals surface area contributed by atoms with Crippen LogP contribution in [0.4, 0.5) is 5.69 Å². The highest BCUT2D eigenvalue weighted by Gasteiger charge is 2.07. The monoisotopic (exact) mass is 260 g/mol. The van der Waals surface area contributed by atoms with Crippen molar-refractivity contribution in [3.8, 4) is 5.75 Å². The number of aryl methyl sites for hydroxylation is 3. The Hall–Kier alpha value is -2.37. The van der Waals surface area contributed by atoms with Crippen molar-refractivity contribution in [1.29, 1.82) is 0 Å². The fourth-order valence-corrected chi connectivity index (χ4v) is 1.71. The number of carbonyl (C=O) groups excluding carboxylic acids is 1. The highest BCUT2D eigenvalue weighted by atomic mass is 16.3. The fraction of sp³-hybridized carbons (Fsp3) is 0.308. The van der Waals surface area contributed by atoms with E-state index < -0.39 is 0 Å². The predicted octanol–water partition coefficient (Wildman–Crippen LogP) is 1.63. The van der Waals surface area contributed by atoms with Gasteiger partial charge in [-0.15, -0.1) is 0 Å². The van der Waals surface area contributed by atoms with Crippen LogP contribution in [-0.2, 0) is 11.3 Å². The van der Waals surface area contributed by atoms with Crippen LogP contribution in [0.15, 0.2) is 24.8 Å². The molecular weight excluding hydrogens is 244 g/mol. The lowest BCUT2D eigenvalue weighted by Crippen LogP contribution is -2.15. The van der Waals surface area contributed by atoms with E-state index in [1.807, 2.05) is 6.92 Å². The van der Waals surface area contributed by atoms with Crippen LogP contribution >= 0.6 is 0 Å². The number of aromatic nitrogens is 3. The third-order valence-corrected chi connectivity index (χ3v) is 2.85. The quantitative estimate of drug-likeness (QED) is 0.819. The number of aromatic hydroxyl groups is 1. The van der Waals surface area contributed by atoms with Gasteiger partial charge in [0.1, 0.15) is 18.4 Å². The number of hydrogen-bond donors (Lipinski definition) is 2. The zero-order chi connectivity index (χ0) is 13.8. The molecule has 0 atom stereocenters. The van der Waals surface area contributed by atoms with Crippen molar-refractivity contribution in [3.63, 3.8) is 0 Å². The van der Waals surface area contributed by atoms with Crippen molar-refractivity contribution in [1.82, 2.24) is 14.8 Å². The van der Waals surface area contributed by atoms with Crippen molar-refractivity contribution >= 4 is 11.6 Å². The number of hydrogen-bond acceptors (Lipinski definition) is 4. The molecule has 0 aliphatic rings. The molecule has 0 bridgehead atoms. The van der Waals surface area contributed by atoms with Crippen LogP contribution in [0.3, 0.4) is 0 Å². The van der Waals surface area contributed by atoms with Crippen LogP contribution in [0, 0.1) is 13.8 Å². The van der Waals surface area contributed by atoms with Crippen LogP contribution in [0.25, 0.3) is 0 Å². The Labute approximate surface area is 111 Å². The third-order valence-electron chi connectivity index (χ3n) is 2.85. The molecule has 0 aliphatic carbocycles. The fourth-order valence-electron chi connectivity index (χ4n) is 1.71. The number of phenols is 1. The van der Waals surface area contributed by atoms with E-state index in [-0.39, 0.29) is 11.7 Å². The van der Waals surface area contributed by atoms with E-state index in [9.17, 15) is 9.90 Å². The average molecular weight is 260 g/mol. The van der Waals surface area contributed by atoms with Crippen molar-refractivity contribution < 1.29 is 9.90 Å². The van der Waals surface area contributed by atoms with Crippen LogP contribution in [0.1, 0.15) is 17.5 Å². The second-order valence-electron chi connectivity index (χ2n) is 4.41. The molecule has 2 aromatic rings. The Morgan fingerprint density at radius 3 is 2.84 bits per heavy atom. The second-order valence-corrected chi connectivity index (χ2v) is 4.41. The van der Waals surface area contributed by atoms with Crippen LogP contribution in [0.2, 0.25) is 0 Å². The van der Waals surface area contributed by atoms with Gasteiger partial charge in [-0.3, -0.25) is 9.48 Å². The molecule has 1 amide bonds. The van der Waals surface area contributed by atoms with Gasteiger partial charge >= 0.3 is 0 Å². The van der Waals surface area contributed by atoms with Crippen LogP contribution < -0.4 is 5.32 Å². The number of carbonyl (C=O) groups is 1. The Kier molecular flexibility index (Phi) is 3.79. The van der Waals surface area contributed by atoms with Gasteiger partial charge in [-0.1, -0.05) is 0 Å². The number of benzene rings is 1. The molecular formula is C13H16N4O2. The Morgan fingerprint density at radius 1 is 1.37 bits per heavy atom. The molecule has 2 rings (SSSR count). The van der Waals surface area contributed by atoms with E-state index in [1.54, 1.807) is 30.1 Å². The van der Waals surface area contributed by atoms with Crippen LogP contribution in [0.5, 0.6) is 5.75 Å². The Balaban J connectivity index is 1.97. The normalized spacial score (nSPS) is 10.4. The van der Waals surface area contributed by atoms with Crippen LogP contribution in [-0.4, -0.2) is 25.8 Å². The summed E-state index contributed by atoms with van der Waals surface area (Å²) in [7, 11) is 0. The average Bonchev–Trinajstić information content (AvgIpc) is 2.86. The van der Waals surface area contributed by atoms with E-state index >= 15 is 0 Å². The minimum absolute atomic E-state index is 0.0938. The molecule has 1 heterocycles. The van der Waals surface area contributed by atoms with Gasteiger partial charge in [0.05, 0.1) is 6.54 Å². The van der Waals surface area contributed by atoms with Gasteiger partial charge in [0.15, 0.2) is 0 Å². The second kappa shape index (κ2) is 5.51. The number of nitrogens with one attached hydrogen (secondary N) is 1. The first kappa shape index (κ1) is 13.1. The first-order valence-corrected chi connectivity index (χ1v) is 5.99. The largest absolute Gasteiger partial charge is 0.508 e. The molecule has 0 saturated heterocycles. The highest BCUT2D eigenvalue weighted by molar-refractivity contribution is 5.91. The molecule has 0 fully saturated rings. The summed E-state index contributed by atoms with van der Waals surface area (Å²) in [5.74, 6) is 0.141. The summed E-state index contributed by atoms with van der Waals surface area (Å²) in [6.07, 6.45) is 3.33. The molecule has 6 heteroatoms. The molecule has 0 radical (unpaired) electrons. The minimum atomic E-state index is -0.0938. The maximum Gasteiger partial charge on any atom is 0.226 e. The van der Waals surface area contributed by atoms with E-state index in [2.05, 4.69) is 15.4 Å². The zero-order valence-corrected chi connectivity index (χ0v) is 10.9. The van der Waals surface area contributed by atoms with E-state index in [1.165, 1.54) is 6.33 Å². The summed E-state index contributed by atoms with van der Waals surface area (Å²) in [6, 6.07) is 3.40. The summed E-state index contributed by atoms with van der Waals surface area (Å²) < 4.78 is 1.61. The summed E-state index contributed by atoms with van der Waals surface area (Å²) >= 11 is 0. The lowest BCUT2D eigenvalue weighted by atomic mass is 10.1. The van der Waals surface area contributed by atoms with Gasteiger partial charge in [0.25, 0.3) is 0 Å².